The quantitative estimate of drug-likeness (QED) is 0.247. The Labute approximate surface area is 238 Å². The van der Waals surface area contributed by atoms with Gasteiger partial charge in [-0.3, -0.25) is 4.79 Å². The van der Waals surface area contributed by atoms with E-state index in [1.165, 1.54) is 29.5 Å². The van der Waals surface area contributed by atoms with Crippen LogP contribution in [-0.2, 0) is 34.4 Å². The first-order valence-electron chi connectivity index (χ1n) is 14.7. The van der Waals surface area contributed by atoms with Gasteiger partial charge in [0.2, 0.25) is 0 Å². The van der Waals surface area contributed by atoms with E-state index in [2.05, 4.69) is 44.3 Å². The van der Waals surface area contributed by atoms with Crippen molar-refractivity contribution in [3.8, 4) is 5.75 Å². The average molecular weight is 540 g/mol. The van der Waals surface area contributed by atoms with Gasteiger partial charge in [-0.05, 0) is 71.0 Å². The van der Waals surface area contributed by atoms with E-state index in [0.717, 1.165) is 36.8 Å². The van der Waals surface area contributed by atoms with E-state index in [9.17, 15) is 9.59 Å². The van der Waals surface area contributed by atoms with Gasteiger partial charge in [-0.2, -0.15) is 0 Å². The van der Waals surface area contributed by atoms with Crippen LogP contribution in [0.25, 0.3) is 0 Å². The highest BCUT2D eigenvalue weighted by Crippen LogP contribution is 2.47. The minimum atomic E-state index is -0.375. The van der Waals surface area contributed by atoms with Crippen molar-refractivity contribution in [2.45, 2.75) is 89.7 Å². The summed E-state index contributed by atoms with van der Waals surface area (Å²) in [6.45, 7) is 6.82. The summed E-state index contributed by atoms with van der Waals surface area (Å²) >= 11 is 0. The van der Waals surface area contributed by atoms with E-state index in [4.69, 9.17) is 9.47 Å². The van der Waals surface area contributed by atoms with Crippen molar-refractivity contribution in [2.75, 3.05) is 0 Å². The van der Waals surface area contributed by atoms with E-state index < -0.39 is 0 Å². The first-order valence-corrected chi connectivity index (χ1v) is 14.7. The van der Waals surface area contributed by atoms with Gasteiger partial charge < -0.3 is 14.8 Å². The molecule has 3 atom stereocenters. The maximum atomic E-state index is 13.0. The second-order valence-electron chi connectivity index (χ2n) is 12.0. The maximum Gasteiger partial charge on any atom is 0.407 e. The van der Waals surface area contributed by atoms with Gasteiger partial charge in [0.25, 0.3) is 0 Å². The van der Waals surface area contributed by atoms with E-state index in [1.807, 2.05) is 54.6 Å². The highest BCUT2D eigenvalue weighted by Gasteiger charge is 2.46. The smallest absolute Gasteiger partial charge is 0.407 e. The number of carbonyl (C=O) groups excluding carboxylic acids is 2. The Hall–Kier alpha value is -3.60. The van der Waals surface area contributed by atoms with Crippen molar-refractivity contribution in [3.63, 3.8) is 0 Å². The van der Waals surface area contributed by atoms with Crippen LogP contribution in [-0.4, -0.2) is 18.1 Å². The Kier molecular flexibility index (Phi) is 8.58. The van der Waals surface area contributed by atoms with Crippen LogP contribution in [0.5, 0.6) is 5.75 Å². The number of carbonyl (C=O) groups is 2. The summed E-state index contributed by atoms with van der Waals surface area (Å²) in [5, 5.41) is 3.28. The normalized spacial score (nSPS) is 22.0. The number of benzene rings is 3. The largest absolute Gasteiger partial charge is 0.445 e. The van der Waals surface area contributed by atoms with E-state index in [1.54, 1.807) is 0 Å². The highest BCUT2D eigenvalue weighted by atomic mass is 16.5. The van der Waals surface area contributed by atoms with E-state index in [-0.39, 0.29) is 36.5 Å². The molecule has 0 aliphatic heterocycles. The Morgan fingerprint density at radius 2 is 1.73 bits per heavy atom. The first-order chi connectivity index (χ1) is 19.3. The van der Waals surface area contributed by atoms with Crippen molar-refractivity contribution in [3.05, 3.63) is 101 Å². The number of hydrogen-bond donors (Lipinski definition) is 1. The molecule has 0 unspecified atom stereocenters. The van der Waals surface area contributed by atoms with Gasteiger partial charge in [-0.15, -0.1) is 0 Å². The monoisotopic (exact) mass is 539 g/mol. The Balaban J connectivity index is 1.32. The molecule has 0 radical (unpaired) electrons. The summed E-state index contributed by atoms with van der Waals surface area (Å²) in [6, 6.07) is 24.0. The summed E-state index contributed by atoms with van der Waals surface area (Å²) < 4.78 is 11.5. The van der Waals surface area contributed by atoms with Gasteiger partial charge in [-0.1, -0.05) is 101 Å². The van der Waals surface area contributed by atoms with Crippen LogP contribution >= 0.6 is 0 Å². The molecule has 2 aliphatic carbocycles. The van der Waals surface area contributed by atoms with Crippen LogP contribution in [0.2, 0.25) is 0 Å². The fourth-order valence-corrected chi connectivity index (χ4v) is 6.57. The molecule has 1 amide bonds. The molecular weight excluding hydrogens is 498 g/mol. The van der Waals surface area contributed by atoms with Gasteiger partial charge in [0.05, 0.1) is 6.42 Å². The van der Waals surface area contributed by atoms with Crippen LogP contribution in [0.15, 0.2) is 72.8 Å². The third kappa shape index (κ3) is 6.41. The van der Waals surface area contributed by atoms with Crippen molar-refractivity contribution in [2.24, 2.45) is 5.92 Å². The van der Waals surface area contributed by atoms with Gasteiger partial charge in [-0.25, -0.2) is 4.79 Å². The number of rotatable bonds is 7. The van der Waals surface area contributed by atoms with Gasteiger partial charge in [0, 0.05) is 11.5 Å². The second kappa shape index (κ2) is 12.3. The van der Waals surface area contributed by atoms with Gasteiger partial charge in [0.15, 0.2) is 0 Å². The summed E-state index contributed by atoms with van der Waals surface area (Å²) in [5.41, 5.74) is 5.35. The molecule has 1 saturated carbocycles. The lowest BCUT2D eigenvalue weighted by Crippen LogP contribution is -2.57. The summed E-state index contributed by atoms with van der Waals surface area (Å²) in [5.74, 6) is 1.08. The number of esters is 1. The van der Waals surface area contributed by atoms with Crippen molar-refractivity contribution >= 4 is 12.1 Å². The minimum Gasteiger partial charge on any atom is -0.445 e. The lowest BCUT2D eigenvalue weighted by atomic mass is 9.59. The van der Waals surface area contributed by atoms with E-state index >= 15 is 0 Å². The molecule has 3 aromatic carbocycles. The Morgan fingerprint density at radius 3 is 2.48 bits per heavy atom. The number of ether oxygens (including phenoxy) is 2. The molecule has 0 saturated heterocycles. The molecule has 0 spiro atoms. The zero-order valence-electron chi connectivity index (χ0n) is 24.0. The molecule has 5 rings (SSSR count). The molecule has 3 aromatic rings. The standard InChI is InChI=1S/C35H41NO4/c1-24(2)27-15-13-25(14-16-27)20-32(37)40-30-18-17-28-21-29-12-8-5-9-19-35(3,31(28)22-30)33(29)36-34(38)39-23-26-10-6-4-7-11-26/h4,6-7,10-11,13-18,22,24,29,33H,5,8-9,12,19-21,23H2,1-3H3,(H,36,38)/t29-,33-,35+/m0/s1. The SMILES string of the molecule is CC(C)c1ccc(CC(=O)Oc2ccc3c(c2)[C@@]2(C)CCCCC[C@@H](C3)[C@@H]2NC(=O)OCc2ccccc2)cc1. The Morgan fingerprint density at radius 1 is 0.950 bits per heavy atom. The fourth-order valence-electron chi connectivity index (χ4n) is 6.57. The molecule has 1 fully saturated rings. The van der Waals surface area contributed by atoms with Crippen LogP contribution in [0.1, 0.15) is 86.6 Å². The predicted octanol–water partition coefficient (Wildman–Crippen LogP) is 7.65. The Bertz CT molecular complexity index is 1320. The molecule has 2 bridgehead atoms. The van der Waals surface area contributed by atoms with Crippen LogP contribution in [0.3, 0.4) is 0 Å². The molecule has 0 aromatic heterocycles. The number of hydrogen-bond acceptors (Lipinski definition) is 4. The third-order valence-electron chi connectivity index (χ3n) is 8.82. The van der Waals surface area contributed by atoms with Gasteiger partial charge in [0.1, 0.15) is 12.4 Å². The lowest BCUT2D eigenvalue weighted by Gasteiger charge is -2.49. The summed E-state index contributed by atoms with van der Waals surface area (Å²) in [6.07, 6.45) is 6.23. The van der Waals surface area contributed by atoms with Crippen molar-refractivity contribution in [1.82, 2.24) is 5.32 Å². The first kappa shape index (κ1) is 27.9. The van der Waals surface area contributed by atoms with E-state index in [0.29, 0.717) is 17.6 Å². The number of nitrogens with one attached hydrogen (secondary N) is 1. The van der Waals surface area contributed by atoms with Crippen molar-refractivity contribution in [1.29, 1.82) is 0 Å². The average Bonchev–Trinajstić information content (AvgIpc) is 2.94. The molecular formula is C35H41NO4. The molecule has 0 heterocycles. The van der Waals surface area contributed by atoms with Crippen LogP contribution in [0, 0.1) is 5.92 Å². The molecule has 5 heteroatoms. The fraction of sp³-hybridized carbons (Fsp3) is 0.429. The van der Waals surface area contributed by atoms with Crippen LogP contribution in [0.4, 0.5) is 4.79 Å². The lowest BCUT2D eigenvalue weighted by molar-refractivity contribution is -0.133. The van der Waals surface area contributed by atoms with Crippen LogP contribution < -0.4 is 10.1 Å². The zero-order valence-corrected chi connectivity index (χ0v) is 24.0. The topological polar surface area (TPSA) is 64.6 Å². The predicted molar refractivity (Wildman–Crippen MR) is 157 cm³/mol. The zero-order chi connectivity index (χ0) is 28.1. The summed E-state index contributed by atoms with van der Waals surface area (Å²) in [7, 11) is 0. The summed E-state index contributed by atoms with van der Waals surface area (Å²) in [4.78, 5) is 25.9. The molecule has 40 heavy (non-hydrogen) atoms. The molecule has 5 nitrogen and oxygen atoms in total. The molecule has 210 valence electrons. The van der Waals surface area contributed by atoms with Gasteiger partial charge >= 0.3 is 12.1 Å². The number of fused-ring (bicyclic) bond motifs is 4. The molecule has 2 aliphatic rings. The molecule has 1 N–H and O–H groups in total. The minimum absolute atomic E-state index is 0.0472. The highest BCUT2D eigenvalue weighted by molar-refractivity contribution is 5.75. The second-order valence-corrected chi connectivity index (χ2v) is 12.0. The third-order valence-corrected chi connectivity index (χ3v) is 8.82. The maximum absolute atomic E-state index is 13.0. The van der Waals surface area contributed by atoms with Crippen molar-refractivity contribution < 1.29 is 19.1 Å². The number of alkyl carbamates (subject to hydrolysis) is 1. The number of amides is 1.